The molecule has 1 spiro atoms. The Bertz CT molecular complexity index is 621. The molecule has 3 heterocycles. The molecule has 3 amide bonds. The van der Waals surface area contributed by atoms with E-state index in [1.54, 1.807) is 11.0 Å². The Hall–Kier alpha value is -2.18. The van der Waals surface area contributed by atoms with E-state index in [2.05, 4.69) is 10.5 Å². The maximum Gasteiger partial charge on any atom is 0.276 e. The van der Waals surface area contributed by atoms with Crippen molar-refractivity contribution in [2.24, 2.45) is 5.41 Å². The lowest BCUT2D eigenvalue weighted by atomic mass is 9.85. The predicted molar refractivity (Wildman–Crippen MR) is 71.3 cm³/mol. The van der Waals surface area contributed by atoms with Crippen LogP contribution in [-0.2, 0) is 9.59 Å². The van der Waals surface area contributed by atoms with Crippen molar-refractivity contribution in [3.63, 3.8) is 0 Å². The van der Waals surface area contributed by atoms with Crippen molar-refractivity contribution >= 4 is 17.7 Å². The molecule has 0 unspecified atom stereocenters. The summed E-state index contributed by atoms with van der Waals surface area (Å²) in [5.41, 5.74) is -0.502. The highest BCUT2D eigenvalue weighted by molar-refractivity contribution is 6.06. The molecule has 2 aliphatic heterocycles. The molecule has 112 valence electrons. The highest BCUT2D eigenvalue weighted by atomic mass is 16.5. The van der Waals surface area contributed by atoms with Gasteiger partial charge in [0.25, 0.3) is 5.91 Å². The van der Waals surface area contributed by atoms with E-state index >= 15 is 0 Å². The Kier molecular flexibility index (Phi) is 3.07. The standard InChI is InChI=1S/C14H17N3O4/c1-8(2)10-5-9(16-21-10)12(19)17-4-3-14(7-17)6-11(18)15-13(14)20/h5,8H,3-4,6-7H2,1-2H3,(H,15,18,20)/t14-/m1/s1. The molecule has 7 heteroatoms. The van der Waals surface area contributed by atoms with Crippen LogP contribution in [0.15, 0.2) is 10.6 Å². The third-order valence-corrected chi connectivity index (χ3v) is 4.19. The third kappa shape index (κ3) is 2.22. The van der Waals surface area contributed by atoms with Gasteiger partial charge in [-0.3, -0.25) is 19.7 Å². The molecule has 1 aromatic heterocycles. The minimum atomic E-state index is -0.753. The summed E-state index contributed by atoms with van der Waals surface area (Å²) in [7, 11) is 0. The van der Waals surface area contributed by atoms with Gasteiger partial charge in [0.05, 0.1) is 5.41 Å². The number of carbonyl (C=O) groups excluding carboxylic acids is 3. The molecule has 0 aromatic carbocycles. The Morgan fingerprint density at radius 3 is 2.81 bits per heavy atom. The maximum absolute atomic E-state index is 12.4. The fraction of sp³-hybridized carbons (Fsp3) is 0.571. The van der Waals surface area contributed by atoms with Crippen LogP contribution in [0.3, 0.4) is 0 Å². The summed E-state index contributed by atoms with van der Waals surface area (Å²) in [6, 6.07) is 1.64. The topological polar surface area (TPSA) is 92.5 Å². The van der Waals surface area contributed by atoms with E-state index in [0.717, 1.165) is 0 Å². The normalized spacial score (nSPS) is 25.2. The van der Waals surface area contributed by atoms with Gasteiger partial charge in [-0.2, -0.15) is 0 Å². The molecule has 2 aliphatic rings. The number of carbonyl (C=O) groups is 3. The van der Waals surface area contributed by atoms with E-state index in [1.165, 1.54) is 0 Å². The maximum atomic E-state index is 12.4. The second-order valence-electron chi connectivity index (χ2n) is 6.08. The van der Waals surface area contributed by atoms with Crippen LogP contribution in [0.25, 0.3) is 0 Å². The zero-order chi connectivity index (χ0) is 15.2. The van der Waals surface area contributed by atoms with Crippen LogP contribution in [0.4, 0.5) is 0 Å². The number of nitrogens with zero attached hydrogens (tertiary/aromatic N) is 2. The van der Waals surface area contributed by atoms with Gasteiger partial charge in [-0.15, -0.1) is 0 Å². The summed E-state index contributed by atoms with van der Waals surface area (Å²) >= 11 is 0. The SMILES string of the molecule is CC(C)c1cc(C(=O)N2CC[C@@]3(CC(=O)NC3=O)C2)no1. The number of amides is 3. The van der Waals surface area contributed by atoms with Gasteiger partial charge in [0.1, 0.15) is 5.76 Å². The van der Waals surface area contributed by atoms with E-state index in [1.807, 2.05) is 13.8 Å². The monoisotopic (exact) mass is 291 g/mol. The molecule has 7 nitrogen and oxygen atoms in total. The molecule has 3 rings (SSSR count). The summed E-state index contributed by atoms with van der Waals surface area (Å²) in [4.78, 5) is 37.2. The molecule has 0 saturated carbocycles. The molecular formula is C14H17N3O4. The summed E-state index contributed by atoms with van der Waals surface area (Å²) < 4.78 is 5.13. The average Bonchev–Trinajstić information content (AvgIpc) is 3.10. The molecule has 1 aromatic rings. The second-order valence-corrected chi connectivity index (χ2v) is 6.08. The number of imide groups is 1. The summed E-state index contributed by atoms with van der Waals surface area (Å²) in [5, 5.41) is 6.12. The van der Waals surface area contributed by atoms with Crippen LogP contribution in [0.1, 0.15) is 48.9 Å². The van der Waals surface area contributed by atoms with Crippen molar-refractivity contribution < 1.29 is 18.9 Å². The van der Waals surface area contributed by atoms with Gasteiger partial charge >= 0.3 is 0 Å². The first-order chi connectivity index (χ1) is 9.91. The number of rotatable bonds is 2. The van der Waals surface area contributed by atoms with Crippen molar-refractivity contribution in [2.75, 3.05) is 13.1 Å². The molecule has 0 aliphatic carbocycles. The van der Waals surface area contributed by atoms with E-state index < -0.39 is 5.41 Å². The van der Waals surface area contributed by atoms with Crippen LogP contribution in [0.2, 0.25) is 0 Å². The van der Waals surface area contributed by atoms with Gasteiger partial charge < -0.3 is 9.42 Å². The minimum Gasteiger partial charge on any atom is -0.360 e. The van der Waals surface area contributed by atoms with Crippen molar-refractivity contribution in [3.05, 3.63) is 17.5 Å². The lowest BCUT2D eigenvalue weighted by Crippen LogP contribution is -2.36. The van der Waals surface area contributed by atoms with Crippen LogP contribution in [0.5, 0.6) is 0 Å². The number of hydrogen-bond donors (Lipinski definition) is 1. The fourth-order valence-corrected chi connectivity index (χ4v) is 2.89. The zero-order valence-electron chi connectivity index (χ0n) is 12.0. The van der Waals surface area contributed by atoms with Gasteiger partial charge in [-0.05, 0) is 6.42 Å². The van der Waals surface area contributed by atoms with Gasteiger partial charge in [0, 0.05) is 31.5 Å². The number of nitrogens with one attached hydrogen (secondary N) is 1. The van der Waals surface area contributed by atoms with Gasteiger partial charge in [0.15, 0.2) is 5.69 Å². The molecule has 0 radical (unpaired) electrons. The molecule has 1 atom stereocenters. The summed E-state index contributed by atoms with van der Waals surface area (Å²) in [6.45, 7) is 4.61. The number of likely N-dealkylation sites (tertiary alicyclic amines) is 1. The minimum absolute atomic E-state index is 0.155. The first-order valence-electron chi connectivity index (χ1n) is 7.01. The van der Waals surface area contributed by atoms with E-state index in [9.17, 15) is 14.4 Å². The van der Waals surface area contributed by atoms with E-state index in [-0.39, 0.29) is 42.3 Å². The quantitative estimate of drug-likeness (QED) is 0.809. The zero-order valence-corrected chi connectivity index (χ0v) is 12.0. The van der Waals surface area contributed by atoms with Gasteiger partial charge in [0.2, 0.25) is 11.8 Å². The Balaban J connectivity index is 1.75. The lowest BCUT2D eigenvalue weighted by molar-refractivity contribution is -0.128. The summed E-state index contributed by atoms with van der Waals surface area (Å²) in [5.74, 6) is 0.0153. The number of aromatic nitrogens is 1. The van der Waals surface area contributed by atoms with Crippen LogP contribution < -0.4 is 5.32 Å². The molecule has 2 saturated heterocycles. The van der Waals surface area contributed by atoms with Crippen molar-refractivity contribution in [1.29, 1.82) is 0 Å². The Morgan fingerprint density at radius 2 is 2.24 bits per heavy atom. The van der Waals surface area contributed by atoms with Crippen molar-refractivity contribution in [3.8, 4) is 0 Å². The molecular weight excluding hydrogens is 274 g/mol. The predicted octanol–water partition coefficient (Wildman–Crippen LogP) is 0.677. The average molecular weight is 291 g/mol. The third-order valence-electron chi connectivity index (χ3n) is 4.19. The highest BCUT2D eigenvalue weighted by Crippen LogP contribution is 2.38. The largest absolute Gasteiger partial charge is 0.360 e. The smallest absolute Gasteiger partial charge is 0.276 e. The van der Waals surface area contributed by atoms with E-state index in [4.69, 9.17) is 4.52 Å². The molecule has 21 heavy (non-hydrogen) atoms. The highest BCUT2D eigenvalue weighted by Gasteiger charge is 2.52. The second kappa shape index (κ2) is 4.68. The first kappa shape index (κ1) is 13.8. The first-order valence-corrected chi connectivity index (χ1v) is 7.01. The summed E-state index contributed by atoms with van der Waals surface area (Å²) in [6.07, 6.45) is 0.664. The van der Waals surface area contributed by atoms with Crippen molar-refractivity contribution in [1.82, 2.24) is 15.4 Å². The lowest BCUT2D eigenvalue weighted by Gasteiger charge is -2.19. The van der Waals surface area contributed by atoms with Crippen LogP contribution >= 0.6 is 0 Å². The van der Waals surface area contributed by atoms with E-state index in [0.29, 0.717) is 18.7 Å². The van der Waals surface area contributed by atoms with Gasteiger partial charge in [-0.1, -0.05) is 19.0 Å². The molecule has 1 N–H and O–H groups in total. The van der Waals surface area contributed by atoms with Crippen LogP contribution in [-0.4, -0.2) is 40.9 Å². The fourth-order valence-electron chi connectivity index (χ4n) is 2.89. The Morgan fingerprint density at radius 1 is 1.48 bits per heavy atom. The Labute approximate surface area is 121 Å². The van der Waals surface area contributed by atoms with Gasteiger partial charge in [-0.25, -0.2) is 0 Å². The van der Waals surface area contributed by atoms with Crippen molar-refractivity contribution in [2.45, 2.75) is 32.6 Å². The number of hydrogen-bond acceptors (Lipinski definition) is 5. The molecule has 0 bridgehead atoms. The van der Waals surface area contributed by atoms with Crippen LogP contribution in [0, 0.1) is 5.41 Å². The molecule has 2 fully saturated rings.